The van der Waals surface area contributed by atoms with Crippen molar-refractivity contribution in [2.24, 2.45) is 5.10 Å². The molecule has 3 aromatic carbocycles. The van der Waals surface area contributed by atoms with E-state index in [1.165, 1.54) is 0 Å². The number of nitrogens with one attached hydrogen (secondary N) is 1. The van der Waals surface area contributed by atoms with Gasteiger partial charge < -0.3 is 9.47 Å². The Hall–Kier alpha value is -2.86. The third-order valence-corrected chi connectivity index (χ3v) is 4.52. The molecular formula is C21H19BrN2O3. The van der Waals surface area contributed by atoms with E-state index in [9.17, 15) is 4.79 Å². The van der Waals surface area contributed by atoms with Gasteiger partial charge in [-0.1, -0.05) is 40.2 Å². The van der Waals surface area contributed by atoms with Gasteiger partial charge in [0.1, 0.15) is 11.5 Å². The van der Waals surface area contributed by atoms with Crippen LogP contribution >= 0.6 is 15.9 Å². The monoisotopic (exact) mass is 426 g/mol. The largest absolute Gasteiger partial charge is 0.496 e. The normalized spacial score (nSPS) is 10.9. The molecule has 0 aromatic heterocycles. The average Bonchev–Trinajstić information content (AvgIpc) is 2.67. The lowest BCUT2D eigenvalue weighted by Gasteiger charge is -2.09. The van der Waals surface area contributed by atoms with Crippen molar-refractivity contribution < 1.29 is 14.3 Å². The van der Waals surface area contributed by atoms with Crippen molar-refractivity contribution in [2.75, 3.05) is 13.7 Å². The van der Waals surface area contributed by atoms with Crippen LogP contribution in [0.1, 0.15) is 11.1 Å². The third-order valence-electron chi connectivity index (χ3n) is 4.03. The average molecular weight is 427 g/mol. The van der Waals surface area contributed by atoms with Gasteiger partial charge in [0.05, 0.1) is 13.3 Å². The molecule has 0 aliphatic carbocycles. The van der Waals surface area contributed by atoms with Gasteiger partial charge in [-0.05, 0) is 48.2 Å². The summed E-state index contributed by atoms with van der Waals surface area (Å²) in [5, 5.41) is 6.03. The molecule has 138 valence electrons. The SMILES string of the molecule is COc1ccc(C=NNC(=O)COc2ccc(Br)cc2C)c2ccccc12. The van der Waals surface area contributed by atoms with E-state index in [0.717, 1.165) is 32.1 Å². The third kappa shape index (κ3) is 4.65. The minimum atomic E-state index is -0.327. The van der Waals surface area contributed by atoms with Gasteiger partial charge in [0.15, 0.2) is 6.61 Å². The van der Waals surface area contributed by atoms with Crippen molar-refractivity contribution in [2.45, 2.75) is 6.92 Å². The maximum Gasteiger partial charge on any atom is 0.277 e. The first-order valence-corrected chi connectivity index (χ1v) is 9.14. The van der Waals surface area contributed by atoms with E-state index in [0.29, 0.717) is 5.75 Å². The molecule has 0 saturated carbocycles. The predicted molar refractivity (Wildman–Crippen MR) is 111 cm³/mol. The second-order valence-corrected chi connectivity index (χ2v) is 6.81. The molecule has 0 bridgehead atoms. The molecule has 3 rings (SSSR count). The van der Waals surface area contributed by atoms with E-state index in [2.05, 4.69) is 26.5 Å². The fourth-order valence-corrected chi connectivity index (χ4v) is 3.19. The second kappa shape index (κ2) is 8.68. The Morgan fingerprint density at radius 2 is 1.85 bits per heavy atom. The molecule has 27 heavy (non-hydrogen) atoms. The molecule has 0 aliphatic rings. The number of hydrazone groups is 1. The van der Waals surface area contributed by atoms with Crippen LogP contribution in [0, 0.1) is 6.92 Å². The van der Waals surface area contributed by atoms with Gasteiger partial charge in [0.25, 0.3) is 5.91 Å². The van der Waals surface area contributed by atoms with Gasteiger partial charge in [0.2, 0.25) is 0 Å². The van der Waals surface area contributed by atoms with Crippen LogP contribution < -0.4 is 14.9 Å². The first-order valence-electron chi connectivity index (χ1n) is 8.35. The van der Waals surface area contributed by atoms with Crippen molar-refractivity contribution in [1.82, 2.24) is 5.43 Å². The van der Waals surface area contributed by atoms with E-state index >= 15 is 0 Å². The van der Waals surface area contributed by atoms with Crippen LogP contribution in [0.2, 0.25) is 0 Å². The Morgan fingerprint density at radius 1 is 1.11 bits per heavy atom. The molecule has 0 saturated heterocycles. The molecule has 0 aliphatic heterocycles. The second-order valence-electron chi connectivity index (χ2n) is 5.89. The molecule has 0 spiro atoms. The number of amides is 1. The summed E-state index contributed by atoms with van der Waals surface area (Å²) < 4.78 is 11.9. The van der Waals surface area contributed by atoms with Gasteiger partial charge >= 0.3 is 0 Å². The van der Waals surface area contributed by atoms with Crippen molar-refractivity contribution >= 4 is 38.8 Å². The molecule has 1 N–H and O–H groups in total. The molecule has 0 fully saturated rings. The van der Waals surface area contributed by atoms with Crippen molar-refractivity contribution in [3.8, 4) is 11.5 Å². The molecule has 6 heteroatoms. The number of ether oxygens (including phenoxy) is 2. The Balaban J connectivity index is 1.64. The zero-order valence-corrected chi connectivity index (χ0v) is 16.6. The number of aryl methyl sites for hydroxylation is 1. The Kier molecular flexibility index (Phi) is 6.08. The molecule has 0 unspecified atom stereocenters. The van der Waals surface area contributed by atoms with Crippen molar-refractivity contribution in [3.63, 3.8) is 0 Å². The van der Waals surface area contributed by atoms with Gasteiger partial charge in [-0.2, -0.15) is 5.10 Å². The quantitative estimate of drug-likeness (QED) is 0.467. The summed E-state index contributed by atoms with van der Waals surface area (Å²) in [6, 6.07) is 17.3. The maximum absolute atomic E-state index is 12.0. The first-order chi connectivity index (χ1) is 13.1. The van der Waals surface area contributed by atoms with Gasteiger partial charge in [-0.15, -0.1) is 0 Å². The number of rotatable bonds is 6. The smallest absolute Gasteiger partial charge is 0.277 e. The molecular weight excluding hydrogens is 408 g/mol. The Bertz CT molecular complexity index is 1000. The number of carbonyl (C=O) groups excluding carboxylic acids is 1. The number of carbonyl (C=O) groups is 1. The highest BCUT2D eigenvalue weighted by Gasteiger charge is 2.06. The number of nitrogens with zero attached hydrogens (tertiary/aromatic N) is 1. The molecule has 0 atom stereocenters. The topological polar surface area (TPSA) is 59.9 Å². The van der Waals surface area contributed by atoms with E-state index in [1.54, 1.807) is 13.3 Å². The highest BCUT2D eigenvalue weighted by molar-refractivity contribution is 9.10. The summed E-state index contributed by atoms with van der Waals surface area (Å²) in [6.45, 7) is 1.81. The Labute approximate surface area is 166 Å². The summed E-state index contributed by atoms with van der Waals surface area (Å²) in [4.78, 5) is 12.0. The lowest BCUT2D eigenvalue weighted by Crippen LogP contribution is -2.24. The van der Waals surface area contributed by atoms with E-state index < -0.39 is 0 Å². The molecule has 3 aromatic rings. The molecule has 5 nitrogen and oxygen atoms in total. The van der Waals surface area contributed by atoms with Gasteiger partial charge in [-0.25, -0.2) is 5.43 Å². The van der Waals surface area contributed by atoms with Crippen LogP contribution in [-0.4, -0.2) is 25.8 Å². The highest BCUT2D eigenvalue weighted by Crippen LogP contribution is 2.27. The molecule has 0 radical (unpaired) electrons. The minimum absolute atomic E-state index is 0.108. The highest BCUT2D eigenvalue weighted by atomic mass is 79.9. The zero-order chi connectivity index (χ0) is 19.2. The lowest BCUT2D eigenvalue weighted by molar-refractivity contribution is -0.123. The van der Waals surface area contributed by atoms with Crippen LogP contribution in [0.15, 0.2) is 64.2 Å². The van der Waals surface area contributed by atoms with Crippen LogP contribution in [0.3, 0.4) is 0 Å². The number of methoxy groups -OCH3 is 1. The van der Waals surface area contributed by atoms with Crippen LogP contribution in [0.4, 0.5) is 0 Å². The summed E-state index contributed by atoms with van der Waals surface area (Å²) >= 11 is 3.40. The number of fused-ring (bicyclic) bond motifs is 1. The number of hydrogen-bond donors (Lipinski definition) is 1. The number of hydrogen-bond acceptors (Lipinski definition) is 4. The summed E-state index contributed by atoms with van der Waals surface area (Å²) in [6.07, 6.45) is 1.62. The fourth-order valence-electron chi connectivity index (χ4n) is 2.71. The predicted octanol–water partition coefficient (Wildman–Crippen LogP) is 4.45. The van der Waals surface area contributed by atoms with Gasteiger partial charge in [-0.3, -0.25) is 4.79 Å². The standard InChI is InChI=1S/C21H19BrN2O3/c1-14-11-16(22)8-10-19(14)27-13-21(25)24-23-12-15-7-9-20(26-2)18-6-4-3-5-17(15)18/h3-12H,13H2,1-2H3,(H,24,25). The summed E-state index contributed by atoms with van der Waals surface area (Å²) in [5.41, 5.74) is 4.33. The van der Waals surface area contributed by atoms with E-state index in [1.807, 2.05) is 61.5 Å². The maximum atomic E-state index is 12.0. The molecule has 0 heterocycles. The minimum Gasteiger partial charge on any atom is -0.496 e. The van der Waals surface area contributed by atoms with Crippen LogP contribution in [-0.2, 0) is 4.79 Å². The van der Waals surface area contributed by atoms with Crippen LogP contribution in [0.5, 0.6) is 11.5 Å². The number of benzene rings is 3. The first kappa shape index (κ1) is 18.9. The zero-order valence-electron chi connectivity index (χ0n) is 15.0. The molecule has 1 amide bonds. The lowest BCUT2D eigenvalue weighted by atomic mass is 10.0. The van der Waals surface area contributed by atoms with Gasteiger partial charge in [0, 0.05) is 15.4 Å². The van der Waals surface area contributed by atoms with Crippen LogP contribution in [0.25, 0.3) is 10.8 Å². The van der Waals surface area contributed by atoms with E-state index in [-0.39, 0.29) is 12.5 Å². The number of halogens is 1. The van der Waals surface area contributed by atoms with Crippen molar-refractivity contribution in [1.29, 1.82) is 0 Å². The van der Waals surface area contributed by atoms with E-state index in [4.69, 9.17) is 9.47 Å². The van der Waals surface area contributed by atoms with Crippen molar-refractivity contribution in [3.05, 3.63) is 70.2 Å². The Morgan fingerprint density at radius 3 is 2.59 bits per heavy atom. The summed E-state index contributed by atoms with van der Waals surface area (Å²) in [7, 11) is 1.64. The summed E-state index contributed by atoms with van der Waals surface area (Å²) in [5.74, 6) is 1.13. The fraction of sp³-hybridized carbons (Fsp3) is 0.143.